The Kier molecular flexibility index (Phi) is 10.4. The van der Waals surface area contributed by atoms with E-state index in [1.165, 1.54) is 11.1 Å². The highest BCUT2D eigenvalue weighted by atomic mass is 16.5. The maximum Gasteiger partial charge on any atom is 0.336 e. The van der Waals surface area contributed by atoms with Gasteiger partial charge in [0.25, 0.3) is 0 Å². The summed E-state index contributed by atoms with van der Waals surface area (Å²) in [7, 11) is 3.33. The van der Waals surface area contributed by atoms with Gasteiger partial charge >= 0.3 is 6.01 Å². The summed E-state index contributed by atoms with van der Waals surface area (Å²) in [4.78, 5) is 14.4. The van der Waals surface area contributed by atoms with E-state index in [0.29, 0.717) is 42.9 Å². The lowest BCUT2D eigenvalue weighted by molar-refractivity contribution is 0.200. The molecule has 10 nitrogen and oxygen atoms in total. The smallest absolute Gasteiger partial charge is 0.336 e. The lowest BCUT2D eigenvalue weighted by Gasteiger charge is -2.32. The van der Waals surface area contributed by atoms with E-state index in [4.69, 9.17) is 29.3 Å². The number of aromatic nitrogens is 4. The molecule has 1 atom stereocenters. The fraction of sp³-hybridized carbons (Fsp3) is 0.395. The molecule has 1 unspecified atom stereocenters. The number of benzene rings is 3. The number of hydrogen-bond acceptors (Lipinski definition) is 9. The van der Waals surface area contributed by atoms with Crippen molar-refractivity contribution in [1.29, 1.82) is 0 Å². The van der Waals surface area contributed by atoms with Crippen LogP contribution in [0.2, 0.25) is 0 Å². The lowest BCUT2D eigenvalue weighted by atomic mass is 9.94. The second-order valence-corrected chi connectivity index (χ2v) is 12.6. The molecular formula is C38H46N6O4. The predicted octanol–water partition coefficient (Wildman–Crippen LogP) is 6.38. The first-order valence-electron chi connectivity index (χ1n) is 16.8. The van der Waals surface area contributed by atoms with E-state index in [9.17, 15) is 5.11 Å². The van der Waals surface area contributed by atoms with Crippen LogP contribution in [-0.2, 0) is 26.1 Å². The highest BCUT2D eigenvalue weighted by Gasteiger charge is 2.25. The average molecular weight is 651 g/mol. The molecule has 1 aliphatic heterocycles. The highest BCUT2D eigenvalue weighted by Crippen LogP contribution is 2.31. The van der Waals surface area contributed by atoms with Crippen LogP contribution in [0.4, 0.5) is 5.82 Å². The number of aliphatic hydroxyl groups excluding tert-OH is 1. The molecule has 0 amide bonds. The van der Waals surface area contributed by atoms with Crippen LogP contribution in [0.15, 0.2) is 72.9 Å². The Balaban J connectivity index is 1.41. The maximum atomic E-state index is 11.8. The Morgan fingerprint density at radius 3 is 2.17 bits per heavy atom. The van der Waals surface area contributed by atoms with E-state index < -0.39 is 6.10 Å². The molecule has 6 rings (SSSR count). The number of hydrogen-bond donors (Lipinski definition) is 1. The maximum absolute atomic E-state index is 11.8. The zero-order valence-corrected chi connectivity index (χ0v) is 28.6. The van der Waals surface area contributed by atoms with Crippen LogP contribution in [0.5, 0.6) is 17.5 Å². The summed E-state index contributed by atoms with van der Waals surface area (Å²) in [5.74, 6) is 2.20. The minimum atomic E-state index is -0.942. The van der Waals surface area contributed by atoms with Gasteiger partial charge in [0.05, 0.1) is 32.7 Å². The molecule has 0 radical (unpaired) electrons. The number of fused-ring (bicyclic) bond motifs is 2. The van der Waals surface area contributed by atoms with Crippen molar-refractivity contribution in [2.75, 3.05) is 32.3 Å². The zero-order valence-electron chi connectivity index (χ0n) is 28.6. The molecule has 5 aromatic rings. The van der Waals surface area contributed by atoms with E-state index in [1.54, 1.807) is 24.9 Å². The van der Waals surface area contributed by atoms with E-state index in [-0.39, 0.29) is 6.01 Å². The van der Waals surface area contributed by atoms with Crippen LogP contribution < -0.4 is 19.1 Å². The van der Waals surface area contributed by atoms with Gasteiger partial charge in [0.15, 0.2) is 11.5 Å². The molecule has 2 aromatic heterocycles. The van der Waals surface area contributed by atoms with Gasteiger partial charge in [-0.25, -0.2) is 9.50 Å². The van der Waals surface area contributed by atoms with Crippen molar-refractivity contribution in [3.63, 3.8) is 0 Å². The summed E-state index contributed by atoms with van der Waals surface area (Å²) < 4.78 is 18.6. The van der Waals surface area contributed by atoms with E-state index in [1.807, 2.05) is 54.6 Å². The Morgan fingerprint density at radius 2 is 1.56 bits per heavy atom. The van der Waals surface area contributed by atoms with Crippen molar-refractivity contribution in [3.05, 3.63) is 106 Å². The third kappa shape index (κ3) is 7.40. The Hall–Kier alpha value is -4.67. The van der Waals surface area contributed by atoms with Crippen LogP contribution in [0.3, 0.4) is 0 Å². The quantitative estimate of drug-likeness (QED) is 0.137. The van der Waals surface area contributed by atoms with Crippen LogP contribution in [-0.4, -0.2) is 63.0 Å². The van der Waals surface area contributed by atoms with Crippen molar-refractivity contribution in [2.45, 2.75) is 71.8 Å². The summed E-state index contributed by atoms with van der Waals surface area (Å²) >= 11 is 0. The molecule has 3 aromatic carbocycles. The predicted molar refractivity (Wildman–Crippen MR) is 187 cm³/mol. The molecule has 10 heteroatoms. The number of ether oxygens (including phenoxy) is 3. The second-order valence-electron chi connectivity index (χ2n) is 12.6. The molecule has 1 N–H and O–H groups in total. The summed E-state index contributed by atoms with van der Waals surface area (Å²) in [6, 6.07) is 23.0. The van der Waals surface area contributed by atoms with Gasteiger partial charge in [0.1, 0.15) is 17.6 Å². The standard InChI is InChI=1S/C38H46N6O4/c1-6-7-20-48-38-40-37(43(23-27-8-14-32(46-4)15-9-27)24-28-10-16-33(47-5)17-11-28)36-39-22-34(44(36)41-38)35(45)30-13-12-29-18-19-42(26(2)3)25-31(29)21-30/h8-17,21-22,26,35,45H,6-7,18-20,23-25H2,1-5H3. The zero-order chi connectivity index (χ0) is 33.6. The number of anilines is 1. The molecule has 252 valence electrons. The first-order chi connectivity index (χ1) is 23.4. The van der Waals surface area contributed by atoms with Gasteiger partial charge in [-0.15, -0.1) is 5.10 Å². The topological polar surface area (TPSA) is 97.5 Å². The average Bonchev–Trinajstić information content (AvgIpc) is 3.55. The summed E-state index contributed by atoms with van der Waals surface area (Å²) in [5.41, 5.74) is 6.64. The van der Waals surface area contributed by atoms with Gasteiger partial charge in [-0.1, -0.05) is 55.8 Å². The molecule has 1 aliphatic rings. The Bertz CT molecular complexity index is 1760. The fourth-order valence-electron chi connectivity index (χ4n) is 6.12. The molecule has 0 saturated carbocycles. The van der Waals surface area contributed by atoms with Crippen molar-refractivity contribution < 1.29 is 19.3 Å². The number of unbranched alkanes of at least 4 members (excludes halogenated alkanes) is 1. The van der Waals surface area contributed by atoms with Crippen molar-refractivity contribution >= 4 is 11.5 Å². The molecular weight excluding hydrogens is 604 g/mol. The number of methoxy groups -OCH3 is 2. The fourth-order valence-corrected chi connectivity index (χ4v) is 6.12. The van der Waals surface area contributed by atoms with Gasteiger partial charge in [-0.3, -0.25) is 4.90 Å². The van der Waals surface area contributed by atoms with Crippen LogP contribution in [0.25, 0.3) is 5.65 Å². The van der Waals surface area contributed by atoms with Crippen molar-refractivity contribution in [2.24, 2.45) is 0 Å². The lowest BCUT2D eigenvalue weighted by Crippen LogP contribution is -2.35. The SMILES string of the molecule is CCCCOc1nc(N(Cc2ccc(OC)cc2)Cc2ccc(OC)cc2)c2ncc(C(O)c3ccc4c(c3)CN(C(C)C)CC4)n2n1. The summed E-state index contributed by atoms with van der Waals surface area (Å²) in [6.45, 7) is 10.1. The summed E-state index contributed by atoms with van der Waals surface area (Å²) in [6.07, 6.45) is 3.62. The minimum absolute atomic E-state index is 0.241. The first kappa shape index (κ1) is 33.2. The number of imidazole rings is 1. The Morgan fingerprint density at radius 1 is 0.896 bits per heavy atom. The van der Waals surface area contributed by atoms with Gasteiger partial charge in [0, 0.05) is 32.2 Å². The molecule has 0 aliphatic carbocycles. The second kappa shape index (κ2) is 15.0. The summed E-state index contributed by atoms with van der Waals surface area (Å²) in [5, 5.41) is 16.6. The van der Waals surface area contributed by atoms with Gasteiger partial charge in [-0.05, 0) is 78.8 Å². The third-order valence-electron chi connectivity index (χ3n) is 9.04. The molecule has 0 saturated heterocycles. The highest BCUT2D eigenvalue weighted by molar-refractivity contribution is 5.65. The largest absolute Gasteiger partial charge is 0.497 e. The van der Waals surface area contributed by atoms with Gasteiger partial charge in [-0.2, -0.15) is 4.98 Å². The third-order valence-corrected chi connectivity index (χ3v) is 9.04. The molecule has 3 heterocycles. The van der Waals surface area contributed by atoms with Crippen LogP contribution >= 0.6 is 0 Å². The molecule has 0 fully saturated rings. The number of aliphatic hydroxyl groups is 1. The van der Waals surface area contributed by atoms with E-state index in [0.717, 1.165) is 60.5 Å². The van der Waals surface area contributed by atoms with Gasteiger partial charge < -0.3 is 24.2 Å². The Labute approximate surface area is 282 Å². The van der Waals surface area contributed by atoms with Gasteiger partial charge in [0.2, 0.25) is 0 Å². The number of rotatable bonds is 14. The minimum Gasteiger partial charge on any atom is -0.497 e. The molecule has 0 spiro atoms. The van der Waals surface area contributed by atoms with E-state index >= 15 is 0 Å². The van der Waals surface area contributed by atoms with Crippen LogP contribution in [0.1, 0.15) is 73.2 Å². The first-order valence-corrected chi connectivity index (χ1v) is 16.8. The molecule has 0 bridgehead atoms. The van der Waals surface area contributed by atoms with Crippen LogP contribution in [0, 0.1) is 0 Å². The van der Waals surface area contributed by atoms with Crippen molar-refractivity contribution in [3.8, 4) is 17.5 Å². The van der Waals surface area contributed by atoms with Crippen molar-refractivity contribution in [1.82, 2.24) is 24.5 Å². The molecule has 48 heavy (non-hydrogen) atoms. The number of nitrogens with zero attached hydrogens (tertiary/aromatic N) is 6. The monoisotopic (exact) mass is 650 g/mol. The normalized spacial score (nSPS) is 13.8. The van der Waals surface area contributed by atoms with E-state index in [2.05, 4.69) is 42.7 Å².